The Hall–Kier alpha value is -3.28. The molecule has 1 aromatic heterocycles. The van der Waals surface area contributed by atoms with Crippen molar-refractivity contribution in [2.45, 2.75) is 6.92 Å². The van der Waals surface area contributed by atoms with Crippen molar-refractivity contribution in [1.82, 2.24) is 9.97 Å². The zero-order chi connectivity index (χ0) is 17.8. The fourth-order valence-corrected chi connectivity index (χ4v) is 2.53. The molecule has 0 radical (unpaired) electrons. The van der Waals surface area contributed by atoms with E-state index in [1.54, 1.807) is 24.3 Å². The largest absolute Gasteiger partial charge is 0.493 e. The molecule has 6 nitrogen and oxygen atoms in total. The van der Waals surface area contributed by atoms with Gasteiger partial charge in [0.15, 0.2) is 11.5 Å². The van der Waals surface area contributed by atoms with Gasteiger partial charge in [-0.25, -0.2) is 4.98 Å². The van der Waals surface area contributed by atoms with E-state index in [4.69, 9.17) is 9.47 Å². The van der Waals surface area contributed by atoms with Crippen LogP contribution >= 0.6 is 0 Å². The minimum absolute atomic E-state index is 0.248. The number of nitrogens with zero attached hydrogens (tertiary/aromatic N) is 1. The predicted octanol–water partition coefficient (Wildman–Crippen LogP) is 3.70. The van der Waals surface area contributed by atoms with Gasteiger partial charge in [0.05, 0.1) is 18.3 Å². The van der Waals surface area contributed by atoms with E-state index in [0.29, 0.717) is 29.4 Å². The molecule has 0 saturated carbocycles. The standard InChI is InChI=1S/C19H19N3O3/c1-4-10-25-16-9-8-13(11-17(16)24-3)19(23)22-15-7-5-6-14-18(15)21-12(2)20-14/h4-9,11H,1,10H2,2-3H3,(H,20,21)(H,22,23). The minimum atomic E-state index is -0.248. The molecule has 3 aromatic rings. The molecule has 2 aromatic carbocycles. The normalized spacial score (nSPS) is 10.5. The lowest BCUT2D eigenvalue weighted by molar-refractivity contribution is 0.102. The summed E-state index contributed by atoms with van der Waals surface area (Å²) in [4.78, 5) is 20.2. The molecule has 25 heavy (non-hydrogen) atoms. The minimum Gasteiger partial charge on any atom is -0.493 e. The highest BCUT2D eigenvalue weighted by molar-refractivity contribution is 6.08. The van der Waals surface area contributed by atoms with Crippen molar-refractivity contribution in [3.8, 4) is 11.5 Å². The van der Waals surface area contributed by atoms with Crippen molar-refractivity contribution in [3.63, 3.8) is 0 Å². The fourth-order valence-electron chi connectivity index (χ4n) is 2.53. The number of carbonyl (C=O) groups is 1. The lowest BCUT2D eigenvalue weighted by Crippen LogP contribution is -2.12. The maximum absolute atomic E-state index is 12.6. The summed E-state index contributed by atoms with van der Waals surface area (Å²) in [5.74, 6) is 1.59. The van der Waals surface area contributed by atoms with E-state index in [2.05, 4.69) is 21.9 Å². The first-order valence-electron chi connectivity index (χ1n) is 7.81. The number of benzene rings is 2. The van der Waals surface area contributed by atoms with E-state index >= 15 is 0 Å². The number of ether oxygens (including phenoxy) is 2. The van der Waals surface area contributed by atoms with Crippen molar-refractivity contribution in [3.05, 3.63) is 60.4 Å². The molecule has 0 bridgehead atoms. The molecule has 1 heterocycles. The molecule has 0 fully saturated rings. The number of aryl methyl sites for hydroxylation is 1. The Kier molecular flexibility index (Phi) is 4.70. The van der Waals surface area contributed by atoms with Crippen LogP contribution < -0.4 is 14.8 Å². The number of carbonyl (C=O) groups excluding carboxylic acids is 1. The lowest BCUT2D eigenvalue weighted by atomic mass is 10.1. The van der Waals surface area contributed by atoms with Crippen molar-refractivity contribution in [1.29, 1.82) is 0 Å². The topological polar surface area (TPSA) is 76.2 Å². The number of hydrogen-bond acceptors (Lipinski definition) is 4. The highest BCUT2D eigenvalue weighted by atomic mass is 16.5. The average molecular weight is 337 g/mol. The smallest absolute Gasteiger partial charge is 0.255 e. The van der Waals surface area contributed by atoms with Crippen molar-refractivity contribution in [2.75, 3.05) is 19.0 Å². The third-order valence-corrected chi connectivity index (χ3v) is 3.66. The molecule has 0 unspecified atom stereocenters. The summed E-state index contributed by atoms with van der Waals surface area (Å²) < 4.78 is 10.8. The Bertz CT molecular complexity index is 931. The van der Waals surface area contributed by atoms with Gasteiger partial charge in [0.1, 0.15) is 17.9 Å². The first kappa shape index (κ1) is 16.6. The van der Waals surface area contributed by atoms with Gasteiger partial charge < -0.3 is 19.8 Å². The number of anilines is 1. The van der Waals surface area contributed by atoms with Gasteiger partial charge in [-0.15, -0.1) is 0 Å². The number of fused-ring (bicyclic) bond motifs is 1. The summed E-state index contributed by atoms with van der Waals surface area (Å²) in [5, 5.41) is 2.89. The quantitative estimate of drug-likeness (QED) is 0.673. The Morgan fingerprint density at radius 2 is 2.16 bits per heavy atom. The van der Waals surface area contributed by atoms with Crippen LogP contribution in [0, 0.1) is 6.92 Å². The number of rotatable bonds is 6. The molecule has 1 amide bonds. The molecule has 128 valence electrons. The van der Waals surface area contributed by atoms with Gasteiger partial charge in [-0.2, -0.15) is 0 Å². The highest BCUT2D eigenvalue weighted by Gasteiger charge is 2.13. The molecular weight excluding hydrogens is 318 g/mol. The Labute approximate surface area is 145 Å². The van der Waals surface area contributed by atoms with Gasteiger partial charge >= 0.3 is 0 Å². The average Bonchev–Trinajstić information content (AvgIpc) is 3.01. The zero-order valence-corrected chi connectivity index (χ0v) is 14.1. The first-order valence-corrected chi connectivity index (χ1v) is 7.81. The third kappa shape index (κ3) is 3.47. The number of amides is 1. The Balaban J connectivity index is 1.86. The van der Waals surface area contributed by atoms with E-state index < -0.39 is 0 Å². The number of H-pyrrole nitrogens is 1. The molecule has 0 aliphatic rings. The van der Waals surface area contributed by atoms with Crippen LogP contribution in [0.3, 0.4) is 0 Å². The van der Waals surface area contributed by atoms with Gasteiger partial charge in [-0.3, -0.25) is 4.79 Å². The number of aromatic amines is 1. The molecule has 0 aliphatic heterocycles. The summed E-state index contributed by atoms with van der Waals surface area (Å²) >= 11 is 0. The maximum atomic E-state index is 12.6. The number of imidazole rings is 1. The second kappa shape index (κ2) is 7.09. The summed E-state index contributed by atoms with van der Waals surface area (Å²) in [7, 11) is 1.53. The fraction of sp³-hybridized carbons (Fsp3) is 0.158. The number of methoxy groups -OCH3 is 1. The van der Waals surface area contributed by atoms with Crippen LogP contribution in [0.15, 0.2) is 49.1 Å². The van der Waals surface area contributed by atoms with Crippen LogP contribution in [0.4, 0.5) is 5.69 Å². The number of para-hydroxylation sites is 1. The van der Waals surface area contributed by atoms with Gasteiger partial charge in [0.2, 0.25) is 0 Å². The summed E-state index contributed by atoms with van der Waals surface area (Å²) in [5.41, 5.74) is 2.72. The molecule has 6 heteroatoms. The van der Waals surface area contributed by atoms with E-state index in [-0.39, 0.29) is 5.91 Å². The van der Waals surface area contributed by atoms with Crippen LogP contribution in [-0.4, -0.2) is 29.6 Å². The number of aromatic nitrogens is 2. The summed E-state index contributed by atoms with van der Waals surface area (Å²) in [6.07, 6.45) is 1.65. The van der Waals surface area contributed by atoms with Gasteiger partial charge in [0.25, 0.3) is 5.91 Å². The molecule has 0 spiro atoms. The molecular formula is C19H19N3O3. The van der Waals surface area contributed by atoms with E-state index in [9.17, 15) is 4.79 Å². The van der Waals surface area contributed by atoms with E-state index in [1.165, 1.54) is 7.11 Å². The van der Waals surface area contributed by atoms with E-state index in [1.807, 2.05) is 25.1 Å². The third-order valence-electron chi connectivity index (χ3n) is 3.66. The van der Waals surface area contributed by atoms with Crippen LogP contribution in [0.5, 0.6) is 11.5 Å². The second-order valence-electron chi connectivity index (χ2n) is 5.44. The van der Waals surface area contributed by atoms with Crippen LogP contribution in [0.2, 0.25) is 0 Å². The first-order chi connectivity index (χ1) is 12.1. The molecule has 0 aliphatic carbocycles. The van der Waals surface area contributed by atoms with E-state index in [0.717, 1.165) is 16.9 Å². The molecule has 0 atom stereocenters. The number of hydrogen-bond donors (Lipinski definition) is 2. The van der Waals surface area contributed by atoms with Crippen molar-refractivity contribution >= 4 is 22.6 Å². The van der Waals surface area contributed by atoms with Crippen LogP contribution in [-0.2, 0) is 0 Å². The molecule has 2 N–H and O–H groups in total. The predicted molar refractivity (Wildman–Crippen MR) is 97.5 cm³/mol. The maximum Gasteiger partial charge on any atom is 0.255 e. The highest BCUT2D eigenvalue weighted by Crippen LogP contribution is 2.29. The van der Waals surface area contributed by atoms with Gasteiger partial charge in [-0.1, -0.05) is 18.7 Å². The number of nitrogens with one attached hydrogen (secondary N) is 2. The molecule has 3 rings (SSSR count). The Morgan fingerprint density at radius 3 is 2.92 bits per heavy atom. The van der Waals surface area contributed by atoms with Crippen molar-refractivity contribution < 1.29 is 14.3 Å². The lowest BCUT2D eigenvalue weighted by Gasteiger charge is -2.11. The summed E-state index contributed by atoms with van der Waals surface area (Å²) in [6.45, 7) is 5.85. The monoisotopic (exact) mass is 337 g/mol. The van der Waals surface area contributed by atoms with Crippen molar-refractivity contribution in [2.24, 2.45) is 0 Å². The second-order valence-corrected chi connectivity index (χ2v) is 5.44. The zero-order valence-electron chi connectivity index (χ0n) is 14.1. The SMILES string of the molecule is C=CCOc1ccc(C(=O)Nc2cccc3[nH]c(C)nc23)cc1OC. The van der Waals surface area contributed by atoms with Gasteiger partial charge in [-0.05, 0) is 37.3 Å². The van der Waals surface area contributed by atoms with Crippen LogP contribution in [0.25, 0.3) is 11.0 Å². The molecule has 0 saturated heterocycles. The Morgan fingerprint density at radius 1 is 1.32 bits per heavy atom. The van der Waals surface area contributed by atoms with Gasteiger partial charge in [0, 0.05) is 5.56 Å². The summed E-state index contributed by atoms with van der Waals surface area (Å²) in [6, 6.07) is 10.6. The van der Waals surface area contributed by atoms with Crippen LogP contribution in [0.1, 0.15) is 16.2 Å².